The zero-order valence-corrected chi connectivity index (χ0v) is 12.4. The van der Waals surface area contributed by atoms with Crippen LogP contribution in [0.15, 0.2) is 6.20 Å². The lowest BCUT2D eigenvalue weighted by atomic mass is 9.88. The van der Waals surface area contributed by atoms with Crippen LogP contribution in [0.25, 0.3) is 0 Å². The Kier molecular flexibility index (Phi) is 4.37. The Morgan fingerprint density at radius 3 is 2.63 bits per heavy atom. The molecule has 5 nitrogen and oxygen atoms in total. The van der Waals surface area contributed by atoms with Crippen LogP contribution in [0, 0.1) is 13.8 Å². The van der Waals surface area contributed by atoms with E-state index in [1.54, 1.807) is 6.20 Å². The van der Waals surface area contributed by atoms with Crippen LogP contribution >= 0.6 is 0 Å². The molecule has 0 spiro atoms. The molecule has 2 rings (SSSR count). The summed E-state index contributed by atoms with van der Waals surface area (Å²) in [6.45, 7) is 6.49. The Bertz CT molecular complexity index is 427. The molecule has 1 aliphatic heterocycles. The van der Waals surface area contributed by atoms with E-state index < -0.39 is 0 Å². The van der Waals surface area contributed by atoms with E-state index >= 15 is 0 Å². The van der Waals surface area contributed by atoms with Crippen molar-refractivity contribution in [3.63, 3.8) is 0 Å². The van der Waals surface area contributed by atoms with Gasteiger partial charge in [-0.15, -0.1) is 0 Å². The molecule has 0 atom stereocenters. The van der Waals surface area contributed by atoms with Gasteiger partial charge in [0, 0.05) is 31.5 Å². The summed E-state index contributed by atoms with van der Waals surface area (Å²) < 4.78 is 5.49. The average molecular weight is 264 g/mol. The summed E-state index contributed by atoms with van der Waals surface area (Å²) in [7, 11) is 4.28. The molecule has 1 fully saturated rings. The smallest absolute Gasteiger partial charge is 0.147 e. The summed E-state index contributed by atoms with van der Waals surface area (Å²) in [4.78, 5) is 11.2. The van der Waals surface area contributed by atoms with Gasteiger partial charge in [-0.3, -0.25) is 4.98 Å². The minimum atomic E-state index is 0.149. The molecule has 0 aliphatic carbocycles. The van der Waals surface area contributed by atoms with Crippen molar-refractivity contribution < 1.29 is 4.74 Å². The highest BCUT2D eigenvalue weighted by molar-refractivity contribution is 5.40. The van der Waals surface area contributed by atoms with Crippen molar-refractivity contribution in [1.82, 2.24) is 14.9 Å². The molecule has 0 saturated carbocycles. The molecule has 19 heavy (non-hydrogen) atoms. The third-order valence-electron chi connectivity index (χ3n) is 4.03. The van der Waals surface area contributed by atoms with Gasteiger partial charge in [0.05, 0.1) is 11.4 Å². The molecule has 1 saturated heterocycles. The van der Waals surface area contributed by atoms with E-state index in [9.17, 15) is 0 Å². The Morgan fingerprint density at radius 2 is 2.00 bits per heavy atom. The van der Waals surface area contributed by atoms with E-state index in [0.29, 0.717) is 0 Å². The summed E-state index contributed by atoms with van der Waals surface area (Å²) in [5.74, 6) is 0.896. The van der Waals surface area contributed by atoms with E-state index in [-0.39, 0.29) is 5.54 Å². The first-order valence-electron chi connectivity index (χ1n) is 6.83. The topological polar surface area (TPSA) is 50.3 Å². The predicted molar refractivity (Wildman–Crippen MR) is 76.5 cm³/mol. The molecule has 1 N–H and O–H groups in total. The van der Waals surface area contributed by atoms with Gasteiger partial charge in [-0.1, -0.05) is 0 Å². The van der Waals surface area contributed by atoms with Crippen LogP contribution in [-0.2, 0) is 4.74 Å². The summed E-state index contributed by atoms with van der Waals surface area (Å²) >= 11 is 0. The lowest BCUT2D eigenvalue weighted by Gasteiger charge is -2.43. The van der Waals surface area contributed by atoms with Crippen LogP contribution in [0.1, 0.15) is 24.2 Å². The second-order valence-corrected chi connectivity index (χ2v) is 5.53. The van der Waals surface area contributed by atoms with Gasteiger partial charge in [-0.25, -0.2) is 4.98 Å². The van der Waals surface area contributed by atoms with Gasteiger partial charge in [0.25, 0.3) is 0 Å². The molecule has 0 aromatic carbocycles. The molecule has 1 aromatic heterocycles. The van der Waals surface area contributed by atoms with Crippen LogP contribution in [0.3, 0.4) is 0 Å². The van der Waals surface area contributed by atoms with Crippen molar-refractivity contribution in [3.05, 3.63) is 17.6 Å². The first kappa shape index (κ1) is 14.2. The van der Waals surface area contributed by atoms with Crippen LogP contribution in [0.2, 0.25) is 0 Å². The Hall–Kier alpha value is -1.20. The maximum absolute atomic E-state index is 5.49. The predicted octanol–water partition coefficient (Wildman–Crippen LogP) is 1.62. The minimum Gasteiger partial charge on any atom is -0.381 e. The zero-order valence-electron chi connectivity index (χ0n) is 12.4. The highest BCUT2D eigenvalue weighted by atomic mass is 16.5. The minimum absolute atomic E-state index is 0.149. The van der Waals surface area contributed by atoms with E-state index in [1.165, 1.54) is 0 Å². The van der Waals surface area contributed by atoms with Gasteiger partial charge in [-0.2, -0.15) is 0 Å². The normalized spacial score (nSPS) is 18.6. The number of nitrogens with one attached hydrogen (secondary N) is 1. The maximum atomic E-state index is 5.49. The number of anilines is 1. The third-order valence-corrected chi connectivity index (χ3v) is 4.03. The SMILES string of the molecule is Cc1cnc(C)c(NCC2(N(C)C)CCOCC2)n1. The van der Waals surface area contributed by atoms with E-state index in [1.807, 2.05) is 13.8 Å². The van der Waals surface area contributed by atoms with Crippen molar-refractivity contribution in [2.75, 3.05) is 39.2 Å². The van der Waals surface area contributed by atoms with E-state index in [4.69, 9.17) is 4.74 Å². The van der Waals surface area contributed by atoms with Gasteiger partial charge in [0.1, 0.15) is 5.82 Å². The van der Waals surface area contributed by atoms with Gasteiger partial charge < -0.3 is 15.0 Å². The molecule has 5 heteroatoms. The molecule has 1 aromatic rings. The molecular formula is C14H24N4O. The number of hydrogen-bond acceptors (Lipinski definition) is 5. The fraction of sp³-hybridized carbons (Fsp3) is 0.714. The number of aromatic nitrogens is 2. The van der Waals surface area contributed by atoms with Gasteiger partial charge in [0.15, 0.2) is 0 Å². The number of rotatable bonds is 4. The van der Waals surface area contributed by atoms with Crippen LogP contribution in [0.5, 0.6) is 0 Å². The standard InChI is InChI=1S/C14H24N4O/c1-11-9-15-12(2)13(17-11)16-10-14(18(3)4)5-7-19-8-6-14/h9H,5-8,10H2,1-4H3,(H,16,17). The van der Waals surface area contributed by atoms with Gasteiger partial charge in [0.2, 0.25) is 0 Å². The van der Waals surface area contributed by atoms with Crippen molar-refractivity contribution in [2.24, 2.45) is 0 Å². The lowest BCUT2D eigenvalue weighted by Crippen LogP contribution is -2.53. The average Bonchev–Trinajstić information content (AvgIpc) is 2.41. The number of ether oxygens (including phenoxy) is 1. The van der Waals surface area contributed by atoms with Crippen LogP contribution in [0.4, 0.5) is 5.82 Å². The second kappa shape index (κ2) is 5.84. The number of hydrogen-bond donors (Lipinski definition) is 1. The maximum Gasteiger partial charge on any atom is 0.147 e. The number of likely N-dealkylation sites (N-methyl/N-ethyl adjacent to an activating group) is 1. The molecule has 1 aliphatic rings. The van der Waals surface area contributed by atoms with Gasteiger partial charge >= 0.3 is 0 Å². The van der Waals surface area contributed by atoms with Crippen molar-refractivity contribution in [1.29, 1.82) is 0 Å². The largest absolute Gasteiger partial charge is 0.381 e. The Balaban J connectivity index is 2.08. The van der Waals surface area contributed by atoms with Crippen molar-refractivity contribution in [3.8, 4) is 0 Å². The molecule has 0 radical (unpaired) electrons. The summed E-state index contributed by atoms with van der Waals surface area (Å²) in [6, 6.07) is 0. The van der Waals surface area contributed by atoms with Gasteiger partial charge in [-0.05, 0) is 40.8 Å². The summed E-state index contributed by atoms with van der Waals surface area (Å²) in [5, 5.41) is 3.47. The third kappa shape index (κ3) is 3.22. The molecule has 106 valence electrons. The highest BCUT2D eigenvalue weighted by Crippen LogP contribution is 2.26. The summed E-state index contributed by atoms with van der Waals surface area (Å²) in [6.07, 6.45) is 3.90. The molecule has 0 bridgehead atoms. The highest BCUT2D eigenvalue weighted by Gasteiger charge is 2.34. The Labute approximate surface area is 115 Å². The second-order valence-electron chi connectivity index (χ2n) is 5.53. The monoisotopic (exact) mass is 264 g/mol. The Morgan fingerprint density at radius 1 is 1.32 bits per heavy atom. The molecular weight excluding hydrogens is 240 g/mol. The molecule has 0 amide bonds. The van der Waals surface area contributed by atoms with Crippen molar-refractivity contribution in [2.45, 2.75) is 32.2 Å². The van der Waals surface area contributed by atoms with E-state index in [0.717, 1.165) is 49.8 Å². The zero-order chi connectivity index (χ0) is 13.9. The number of aryl methyl sites for hydroxylation is 2. The lowest BCUT2D eigenvalue weighted by molar-refractivity contribution is -0.000673. The number of nitrogens with zero attached hydrogens (tertiary/aromatic N) is 3. The first-order chi connectivity index (χ1) is 9.03. The quantitative estimate of drug-likeness (QED) is 0.895. The van der Waals surface area contributed by atoms with Crippen LogP contribution in [-0.4, -0.2) is 54.3 Å². The van der Waals surface area contributed by atoms with E-state index in [2.05, 4.69) is 34.3 Å². The fourth-order valence-electron chi connectivity index (χ4n) is 2.49. The fourth-order valence-corrected chi connectivity index (χ4v) is 2.49. The first-order valence-corrected chi connectivity index (χ1v) is 6.83. The van der Waals surface area contributed by atoms with Crippen molar-refractivity contribution >= 4 is 5.82 Å². The summed E-state index contributed by atoms with van der Waals surface area (Å²) in [5.41, 5.74) is 2.04. The van der Waals surface area contributed by atoms with Crippen LogP contribution < -0.4 is 5.32 Å². The molecule has 0 unspecified atom stereocenters. The molecule has 2 heterocycles.